The number of carboxylic acid groups (broad SMARTS) is 1. The van der Waals surface area contributed by atoms with Gasteiger partial charge in [-0.2, -0.15) is 0 Å². The number of carbonyl (C=O) groups is 2. The Kier molecular flexibility index (Phi) is 4.53. The maximum absolute atomic E-state index is 12.1. The van der Waals surface area contributed by atoms with E-state index in [1.54, 1.807) is 0 Å². The highest BCUT2D eigenvalue weighted by molar-refractivity contribution is 5.78. The average Bonchev–Trinajstić information content (AvgIpc) is 2.36. The monoisotopic (exact) mass is 297 g/mol. The maximum Gasteiger partial charge on any atom is 0.325 e. The van der Waals surface area contributed by atoms with Crippen molar-refractivity contribution < 1.29 is 19.4 Å². The van der Waals surface area contributed by atoms with Crippen molar-refractivity contribution in [2.75, 3.05) is 19.7 Å². The summed E-state index contributed by atoms with van der Waals surface area (Å²) in [6, 6.07) is 1.15. The summed E-state index contributed by atoms with van der Waals surface area (Å²) >= 11 is 0. The standard InChI is InChI=1S/C12H15N3O6/c16-9-3-7(13-12(20)14-9)4-10(17)15-1-2-21-8(6-15)5-11(18)19/h3,8H,1-2,4-6H2,(H,18,19)(H2,13,14,16,20). The summed E-state index contributed by atoms with van der Waals surface area (Å²) in [7, 11) is 0. The molecule has 1 aliphatic heterocycles. The van der Waals surface area contributed by atoms with Crippen molar-refractivity contribution in [2.24, 2.45) is 0 Å². The van der Waals surface area contributed by atoms with E-state index in [0.29, 0.717) is 6.54 Å². The van der Waals surface area contributed by atoms with E-state index in [2.05, 4.69) is 4.98 Å². The minimum atomic E-state index is -0.992. The third-order valence-electron chi connectivity index (χ3n) is 3.05. The molecule has 1 aliphatic rings. The van der Waals surface area contributed by atoms with Crippen LogP contribution in [0.4, 0.5) is 0 Å². The highest BCUT2D eigenvalue weighted by Crippen LogP contribution is 2.10. The fraction of sp³-hybridized carbons (Fsp3) is 0.500. The molecule has 21 heavy (non-hydrogen) atoms. The van der Waals surface area contributed by atoms with E-state index in [4.69, 9.17) is 9.84 Å². The van der Waals surface area contributed by atoms with E-state index < -0.39 is 23.3 Å². The Morgan fingerprint density at radius 2 is 2.14 bits per heavy atom. The molecule has 9 nitrogen and oxygen atoms in total. The number of H-pyrrole nitrogens is 2. The van der Waals surface area contributed by atoms with Gasteiger partial charge in [0.2, 0.25) is 5.91 Å². The zero-order valence-corrected chi connectivity index (χ0v) is 11.1. The molecule has 1 aromatic heterocycles. The van der Waals surface area contributed by atoms with Crippen LogP contribution in [-0.4, -0.2) is 57.7 Å². The smallest absolute Gasteiger partial charge is 0.325 e. The fourth-order valence-corrected chi connectivity index (χ4v) is 2.15. The lowest BCUT2D eigenvalue weighted by Gasteiger charge is -2.32. The topological polar surface area (TPSA) is 133 Å². The number of nitrogens with one attached hydrogen (secondary N) is 2. The van der Waals surface area contributed by atoms with Crippen LogP contribution in [-0.2, 0) is 20.7 Å². The number of morpholine rings is 1. The van der Waals surface area contributed by atoms with Crippen LogP contribution in [0.5, 0.6) is 0 Å². The summed E-state index contributed by atoms with van der Waals surface area (Å²) in [5, 5.41) is 8.73. The molecular formula is C12H15N3O6. The van der Waals surface area contributed by atoms with Gasteiger partial charge in [-0.25, -0.2) is 4.79 Å². The third kappa shape index (κ3) is 4.28. The number of hydrogen-bond acceptors (Lipinski definition) is 5. The fourth-order valence-electron chi connectivity index (χ4n) is 2.15. The van der Waals surface area contributed by atoms with Gasteiger partial charge in [0, 0.05) is 24.8 Å². The Bertz CT molecular complexity index is 621. The molecule has 1 saturated heterocycles. The Morgan fingerprint density at radius 3 is 2.81 bits per heavy atom. The van der Waals surface area contributed by atoms with E-state index in [-0.39, 0.29) is 37.6 Å². The summed E-state index contributed by atoms with van der Waals surface area (Å²) in [5.41, 5.74) is -1.03. The highest BCUT2D eigenvalue weighted by atomic mass is 16.5. The van der Waals surface area contributed by atoms with Crippen LogP contribution in [0.15, 0.2) is 15.7 Å². The van der Waals surface area contributed by atoms with Gasteiger partial charge >= 0.3 is 11.7 Å². The largest absolute Gasteiger partial charge is 0.481 e. The van der Waals surface area contributed by atoms with Crippen molar-refractivity contribution in [1.82, 2.24) is 14.9 Å². The second kappa shape index (κ2) is 6.35. The van der Waals surface area contributed by atoms with Crippen molar-refractivity contribution in [3.63, 3.8) is 0 Å². The van der Waals surface area contributed by atoms with Crippen LogP contribution in [0.2, 0.25) is 0 Å². The molecule has 0 spiro atoms. The molecule has 1 unspecified atom stereocenters. The van der Waals surface area contributed by atoms with Crippen molar-refractivity contribution in [2.45, 2.75) is 18.9 Å². The van der Waals surface area contributed by atoms with Crippen molar-refractivity contribution in [1.29, 1.82) is 0 Å². The lowest BCUT2D eigenvalue weighted by Crippen LogP contribution is -2.47. The molecule has 1 fully saturated rings. The number of hydrogen-bond donors (Lipinski definition) is 3. The van der Waals surface area contributed by atoms with E-state index in [9.17, 15) is 19.2 Å². The summed E-state index contributed by atoms with van der Waals surface area (Å²) in [6.07, 6.45) is -0.844. The van der Waals surface area contributed by atoms with Gasteiger partial charge in [0.25, 0.3) is 5.56 Å². The zero-order chi connectivity index (χ0) is 15.4. The SMILES string of the molecule is O=C(O)CC1CN(C(=O)Cc2cc(=O)[nH]c(=O)[nH]2)CCO1. The molecule has 2 heterocycles. The molecule has 0 radical (unpaired) electrons. The molecule has 0 aromatic carbocycles. The van der Waals surface area contributed by atoms with Gasteiger partial charge in [0.15, 0.2) is 0 Å². The van der Waals surface area contributed by atoms with E-state index >= 15 is 0 Å². The number of aromatic nitrogens is 2. The van der Waals surface area contributed by atoms with Gasteiger partial charge in [-0.05, 0) is 0 Å². The molecular weight excluding hydrogens is 282 g/mol. The van der Waals surface area contributed by atoms with Crippen LogP contribution in [0.3, 0.4) is 0 Å². The first-order valence-electron chi connectivity index (χ1n) is 6.38. The molecule has 3 N–H and O–H groups in total. The van der Waals surface area contributed by atoms with Crippen LogP contribution in [0, 0.1) is 0 Å². The van der Waals surface area contributed by atoms with Crippen LogP contribution >= 0.6 is 0 Å². The first-order chi connectivity index (χ1) is 9.94. The molecule has 9 heteroatoms. The number of carbonyl (C=O) groups excluding carboxylic acids is 1. The maximum atomic E-state index is 12.1. The zero-order valence-electron chi connectivity index (χ0n) is 11.1. The Hall–Kier alpha value is -2.42. The van der Waals surface area contributed by atoms with Gasteiger partial charge in [-0.1, -0.05) is 0 Å². The summed E-state index contributed by atoms with van der Waals surface area (Å²) in [6.45, 7) is 0.788. The molecule has 1 amide bonds. The van der Waals surface area contributed by atoms with Gasteiger partial charge < -0.3 is 19.7 Å². The number of aliphatic carboxylic acids is 1. The Labute approximate surface area is 118 Å². The predicted molar refractivity (Wildman–Crippen MR) is 70.0 cm³/mol. The van der Waals surface area contributed by atoms with Crippen LogP contribution in [0.1, 0.15) is 12.1 Å². The van der Waals surface area contributed by atoms with Crippen molar-refractivity contribution >= 4 is 11.9 Å². The first kappa shape index (κ1) is 15.0. The molecule has 1 aromatic rings. The molecule has 2 rings (SSSR count). The number of carboxylic acids is 1. The average molecular weight is 297 g/mol. The number of rotatable bonds is 4. The predicted octanol–water partition coefficient (Wildman–Crippen LogP) is -1.69. The second-order valence-corrected chi connectivity index (χ2v) is 4.72. The minimum Gasteiger partial charge on any atom is -0.481 e. The number of ether oxygens (including phenoxy) is 1. The Morgan fingerprint density at radius 1 is 1.38 bits per heavy atom. The number of amides is 1. The molecule has 0 saturated carbocycles. The third-order valence-corrected chi connectivity index (χ3v) is 3.05. The van der Waals surface area contributed by atoms with Gasteiger partial charge in [-0.15, -0.1) is 0 Å². The minimum absolute atomic E-state index is 0.126. The second-order valence-electron chi connectivity index (χ2n) is 4.72. The van der Waals surface area contributed by atoms with E-state index in [1.807, 2.05) is 4.98 Å². The normalized spacial score (nSPS) is 18.5. The van der Waals surface area contributed by atoms with E-state index in [1.165, 1.54) is 4.90 Å². The number of aromatic amines is 2. The summed E-state index contributed by atoms with van der Waals surface area (Å²) in [5.74, 6) is -1.29. The molecule has 114 valence electrons. The highest BCUT2D eigenvalue weighted by Gasteiger charge is 2.26. The van der Waals surface area contributed by atoms with Crippen LogP contribution in [0.25, 0.3) is 0 Å². The molecule has 0 bridgehead atoms. The van der Waals surface area contributed by atoms with E-state index in [0.717, 1.165) is 6.07 Å². The molecule has 1 atom stereocenters. The van der Waals surface area contributed by atoms with Crippen molar-refractivity contribution in [3.8, 4) is 0 Å². The molecule has 0 aliphatic carbocycles. The van der Waals surface area contributed by atoms with Crippen LogP contribution < -0.4 is 11.2 Å². The lowest BCUT2D eigenvalue weighted by molar-refractivity contribution is -0.147. The van der Waals surface area contributed by atoms with Crippen molar-refractivity contribution in [3.05, 3.63) is 32.6 Å². The lowest BCUT2D eigenvalue weighted by atomic mass is 10.2. The van der Waals surface area contributed by atoms with Gasteiger partial charge in [0.1, 0.15) is 0 Å². The first-order valence-corrected chi connectivity index (χ1v) is 6.38. The summed E-state index contributed by atoms with van der Waals surface area (Å²) in [4.78, 5) is 50.9. The van der Waals surface area contributed by atoms with Gasteiger partial charge in [-0.3, -0.25) is 19.4 Å². The van der Waals surface area contributed by atoms with Gasteiger partial charge in [0.05, 0.1) is 25.6 Å². The summed E-state index contributed by atoms with van der Waals surface area (Å²) < 4.78 is 5.27. The quantitative estimate of drug-likeness (QED) is 0.607. The Balaban J connectivity index is 2.00. The number of nitrogens with zero attached hydrogens (tertiary/aromatic N) is 1.